The maximum Gasteiger partial charge on any atom is 0.123 e. The Morgan fingerprint density at radius 2 is 2.00 bits per heavy atom. The quantitative estimate of drug-likeness (QED) is 0.682. The standard InChI is InChI=1S/C13H10FN/c14-10-3-1-8(2-4-10)9-5-11-12(6-9)13(11)7-15/h1-5,11-13H,6H2/t11-,12+,13+/m0/s1. The third-order valence-electron chi connectivity index (χ3n) is 3.44. The minimum Gasteiger partial charge on any atom is -0.207 e. The van der Waals surface area contributed by atoms with Crippen molar-refractivity contribution >= 4 is 5.57 Å². The second kappa shape index (κ2) is 2.93. The zero-order valence-electron chi connectivity index (χ0n) is 8.15. The molecule has 0 saturated heterocycles. The molecule has 1 aromatic rings. The Balaban J connectivity index is 1.84. The summed E-state index contributed by atoms with van der Waals surface area (Å²) in [5, 5.41) is 8.78. The van der Waals surface area contributed by atoms with Crippen molar-refractivity contribution in [2.24, 2.45) is 17.8 Å². The second-order valence-corrected chi connectivity index (χ2v) is 4.30. The predicted molar refractivity (Wildman–Crippen MR) is 55.1 cm³/mol. The van der Waals surface area contributed by atoms with E-state index in [9.17, 15) is 4.39 Å². The van der Waals surface area contributed by atoms with Gasteiger partial charge in [0.15, 0.2) is 0 Å². The van der Waals surface area contributed by atoms with Gasteiger partial charge in [-0.1, -0.05) is 18.2 Å². The Morgan fingerprint density at radius 3 is 2.53 bits per heavy atom. The van der Waals surface area contributed by atoms with Crippen molar-refractivity contribution in [3.8, 4) is 6.07 Å². The molecule has 74 valence electrons. The van der Waals surface area contributed by atoms with Gasteiger partial charge in [0.1, 0.15) is 5.82 Å². The molecule has 0 amide bonds. The molecule has 15 heavy (non-hydrogen) atoms. The molecule has 3 atom stereocenters. The van der Waals surface area contributed by atoms with E-state index in [0.29, 0.717) is 11.8 Å². The SMILES string of the molecule is N#C[C@@H]1[C@H]2C=C(c3ccc(F)cc3)C[C@@H]12. The van der Waals surface area contributed by atoms with E-state index >= 15 is 0 Å². The average molecular weight is 199 g/mol. The van der Waals surface area contributed by atoms with Gasteiger partial charge in [0.05, 0.1) is 12.0 Å². The van der Waals surface area contributed by atoms with Crippen molar-refractivity contribution in [3.05, 3.63) is 41.7 Å². The molecule has 3 rings (SSSR count). The highest BCUT2D eigenvalue weighted by atomic mass is 19.1. The zero-order chi connectivity index (χ0) is 10.4. The molecular formula is C13H10FN. The van der Waals surface area contributed by atoms with Crippen LogP contribution >= 0.6 is 0 Å². The number of hydrogen-bond acceptors (Lipinski definition) is 1. The van der Waals surface area contributed by atoms with Crippen LogP contribution in [0.15, 0.2) is 30.3 Å². The Kier molecular flexibility index (Phi) is 1.70. The summed E-state index contributed by atoms with van der Waals surface area (Å²) in [6.45, 7) is 0. The molecule has 1 aromatic carbocycles. The monoisotopic (exact) mass is 199 g/mol. The topological polar surface area (TPSA) is 23.8 Å². The maximum atomic E-state index is 12.7. The molecule has 2 aliphatic rings. The fourth-order valence-corrected chi connectivity index (χ4v) is 2.50. The van der Waals surface area contributed by atoms with E-state index in [2.05, 4.69) is 12.1 Å². The van der Waals surface area contributed by atoms with Crippen LogP contribution < -0.4 is 0 Å². The van der Waals surface area contributed by atoms with Crippen LogP contribution in [0.5, 0.6) is 0 Å². The molecule has 0 spiro atoms. The van der Waals surface area contributed by atoms with E-state index in [1.807, 2.05) is 12.1 Å². The van der Waals surface area contributed by atoms with Crippen molar-refractivity contribution in [2.45, 2.75) is 6.42 Å². The summed E-state index contributed by atoms with van der Waals surface area (Å²) >= 11 is 0. The summed E-state index contributed by atoms with van der Waals surface area (Å²) in [4.78, 5) is 0. The predicted octanol–water partition coefficient (Wildman–Crippen LogP) is 3.00. The lowest BCUT2D eigenvalue weighted by molar-refractivity contribution is 0.627. The van der Waals surface area contributed by atoms with E-state index < -0.39 is 0 Å². The number of rotatable bonds is 1. The van der Waals surface area contributed by atoms with Gasteiger partial charge in [-0.25, -0.2) is 4.39 Å². The molecule has 0 N–H and O–H groups in total. The first kappa shape index (κ1) is 8.67. The molecule has 1 fully saturated rings. The van der Waals surface area contributed by atoms with Crippen molar-refractivity contribution in [3.63, 3.8) is 0 Å². The summed E-state index contributed by atoms with van der Waals surface area (Å²) in [5.41, 5.74) is 2.37. The van der Waals surface area contributed by atoms with Gasteiger partial charge in [0, 0.05) is 0 Å². The van der Waals surface area contributed by atoms with Gasteiger partial charge < -0.3 is 0 Å². The smallest absolute Gasteiger partial charge is 0.123 e. The molecule has 0 bridgehead atoms. The normalized spacial score (nSPS) is 31.7. The highest BCUT2D eigenvalue weighted by Crippen LogP contribution is 2.57. The number of nitrogens with zero attached hydrogens (tertiary/aromatic N) is 1. The number of fused-ring (bicyclic) bond motifs is 1. The van der Waals surface area contributed by atoms with Crippen LogP contribution in [0.25, 0.3) is 5.57 Å². The Labute approximate surface area is 87.8 Å². The van der Waals surface area contributed by atoms with E-state index in [1.54, 1.807) is 0 Å². The lowest BCUT2D eigenvalue weighted by Crippen LogP contribution is -1.87. The van der Waals surface area contributed by atoms with Gasteiger partial charge in [0.2, 0.25) is 0 Å². The van der Waals surface area contributed by atoms with Crippen LogP contribution in [0.3, 0.4) is 0 Å². The highest BCUT2D eigenvalue weighted by molar-refractivity contribution is 5.70. The lowest BCUT2D eigenvalue weighted by Gasteiger charge is -2.04. The number of nitriles is 1. The van der Waals surface area contributed by atoms with Gasteiger partial charge in [-0.05, 0) is 41.5 Å². The van der Waals surface area contributed by atoms with Crippen molar-refractivity contribution in [1.29, 1.82) is 5.26 Å². The average Bonchev–Trinajstić information content (AvgIpc) is 2.72. The molecule has 2 aliphatic carbocycles. The minimum absolute atomic E-state index is 0.197. The first-order valence-corrected chi connectivity index (χ1v) is 5.16. The molecule has 0 heterocycles. The number of allylic oxidation sites excluding steroid dienone is 2. The minimum atomic E-state index is -0.197. The molecule has 0 aliphatic heterocycles. The third kappa shape index (κ3) is 1.27. The van der Waals surface area contributed by atoms with E-state index in [1.165, 1.54) is 17.7 Å². The fourth-order valence-electron chi connectivity index (χ4n) is 2.50. The third-order valence-corrected chi connectivity index (χ3v) is 3.44. The van der Waals surface area contributed by atoms with Crippen LogP contribution in [0.4, 0.5) is 4.39 Å². The molecule has 0 radical (unpaired) electrons. The van der Waals surface area contributed by atoms with Crippen LogP contribution in [0, 0.1) is 34.9 Å². The van der Waals surface area contributed by atoms with E-state index in [-0.39, 0.29) is 11.7 Å². The van der Waals surface area contributed by atoms with Gasteiger partial charge >= 0.3 is 0 Å². The van der Waals surface area contributed by atoms with E-state index in [0.717, 1.165) is 12.0 Å². The molecule has 1 saturated carbocycles. The number of hydrogen-bond donors (Lipinski definition) is 0. The molecule has 0 aromatic heterocycles. The zero-order valence-corrected chi connectivity index (χ0v) is 8.15. The fraction of sp³-hybridized carbons (Fsp3) is 0.308. The lowest BCUT2D eigenvalue weighted by atomic mass is 10.0. The van der Waals surface area contributed by atoms with Gasteiger partial charge in [-0.2, -0.15) is 5.26 Å². The molecule has 1 nitrogen and oxygen atoms in total. The first-order chi connectivity index (χ1) is 7.29. The van der Waals surface area contributed by atoms with E-state index in [4.69, 9.17) is 5.26 Å². The van der Waals surface area contributed by atoms with Crippen molar-refractivity contribution in [1.82, 2.24) is 0 Å². The van der Waals surface area contributed by atoms with Crippen molar-refractivity contribution in [2.75, 3.05) is 0 Å². The molecule has 0 unspecified atom stereocenters. The summed E-state index contributed by atoms with van der Waals surface area (Å²) in [5.74, 6) is 1.05. The Hall–Kier alpha value is -1.62. The van der Waals surface area contributed by atoms with Crippen LogP contribution in [0.1, 0.15) is 12.0 Å². The number of halogens is 1. The van der Waals surface area contributed by atoms with Crippen LogP contribution in [-0.4, -0.2) is 0 Å². The summed E-state index contributed by atoms with van der Waals surface area (Å²) < 4.78 is 12.7. The van der Waals surface area contributed by atoms with Gasteiger partial charge in [-0.3, -0.25) is 0 Å². The van der Waals surface area contributed by atoms with Gasteiger partial charge in [0.25, 0.3) is 0 Å². The summed E-state index contributed by atoms with van der Waals surface area (Å²) in [6, 6.07) is 8.92. The largest absolute Gasteiger partial charge is 0.207 e. The van der Waals surface area contributed by atoms with Crippen molar-refractivity contribution < 1.29 is 4.39 Å². The molecular weight excluding hydrogens is 189 g/mol. The first-order valence-electron chi connectivity index (χ1n) is 5.16. The Morgan fingerprint density at radius 1 is 1.27 bits per heavy atom. The van der Waals surface area contributed by atoms with Crippen LogP contribution in [0.2, 0.25) is 0 Å². The van der Waals surface area contributed by atoms with Gasteiger partial charge in [-0.15, -0.1) is 0 Å². The summed E-state index contributed by atoms with van der Waals surface area (Å²) in [7, 11) is 0. The Bertz CT molecular complexity index is 466. The highest BCUT2D eigenvalue weighted by Gasteiger charge is 2.52. The summed E-state index contributed by atoms with van der Waals surface area (Å²) in [6.07, 6.45) is 3.17. The molecule has 2 heteroatoms. The second-order valence-electron chi connectivity index (χ2n) is 4.30. The van der Waals surface area contributed by atoms with Crippen LogP contribution in [-0.2, 0) is 0 Å². The number of benzene rings is 1. The maximum absolute atomic E-state index is 12.7.